The summed E-state index contributed by atoms with van der Waals surface area (Å²) in [6.07, 6.45) is 1.54. The van der Waals surface area contributed by atoms with Crippen LogP contribution in [0.4, 0.5) is 0 Å². The van der Waals surface area contributed by atoms with E-state index in [1.165, 1.54) is 0 Å². The molecule has 0 aliphatic heterocycles. The lowest BCUT2D eigenvalue weighted by Crippen LogP contribution is -1.84. The molecule has 3 heteroatoms. The Morgan fingerprint density at radius 1 is 1.38 bits per heavy atom. The van der Waals surface area contributed by atoms with Gasteiger partial charge in [-0.3, -0.25) is 0 Å². The molecule has 0 unspecified atom stereocenters. The van der Waals surface area contributed by atoms with Crippen molar-refractivity contribution >= 4 is 5.57 Å². The van der Waals surface area contributed by atoms with Gasteiger partial charge in [-0.1, -0.05) is 0 Å². The van der Waals surface area contributed by atoms with Gasteiger partial charge in [0, 0.05) is 5.56 Å². The lowest BCUT2D eigenvalue weighted by atomic mass is 10.0. The third-order valence-corrected chi connectivity index (χ3v) is 1.86. The van der Waals surface area contributed by atoms with Gasteiger partial charge < -0.3 is 4.42 Å². The van der Waals surface area contributed by atoms with Crippen molar-refractivity contribution in [3.05, 3.63) is 29.2 Å². The summed E-state index contributed by atoms with van der Waals surface area (Å²) in [5, 5.41) is 17.3. The molecular formula is C10H8N2O. The van der Waals surface area contributed by atoms with E-state index in [9.17, 15) is 0 Å². The molecule has 64 valence electrons. The zero-order valence-electron chi connectivity index (χ0n) is 7.46. The maximum Gasteiger partial charge on any atom is 0.133 e. The van der Waals surface area contributed by atoms with Gasteiger partial charge in [-0.05, 0) is 25.5 Å². The van der Waals surface area contributed by atoms with Crippen molar-refractivity contribution in [1.29, 1.82) is 10.5 Å². The molecule has 0 saturated heterocycles. The summed E-state index contributed by atoms with van der Waals surface area (Å²) in [6.45, 7) is 3.53. The predicted octanol–water partition coefficient (Wildman–Crippen LogP) is 2.41. The van der Waals surface area contributed by atoms with Gasteiger partial charge in [-0.15, -0.1) is 0 Å². The summed E-state index contributed by atoms with van der Waals surface area (Å²) in [7, 11) is 0. The largest absolute Gasteiger partial charge is 0.469 e. The number of nitriles is 2. The van der Waals surface area contributed by atoms with Crippen LogP contribution in [0.3, 0.4) is 0 Å². The third kappa shape index (κ3) is 1.60. The minimum atomic E-state index is 0.129. The summed E-state index contributed by atoms with van der Waals surface area (Å²) >= 11 is 0. The fourth-order valence-electron chi connectivity index (χ4n) is 1.10. The molecule has 1 aromatic heterocycles. The number of hydrogen-bond acceptors (Lipinski definition) is 3. The molecule has 3 nitrogen and oxygen atoms in total. The van der Waals surface area contributed by atoms with E-state index in [-0.39, 0.29) is 5.57 Å². The van der Waals surface area contributed by atoms with E-state index in [4.69, 9.17) is 14.9 Å². The summed E-state index contributed by atoms with van der Waals surface area (Å²) in [4.78, 5) is 0. The first-order valence-corrected chi connectivity index (χ1v) is 3.76. The van der Waals surface area contributed by atoms with Gasteiger partial charge in [0.25, 0.3) is 0 Å². The van der Waals surface area contributed by atoms with Gasteiger partial charge in [0.1, 0.15) is 23.5 Å². The van der Waals surface area contributed by atoms with Crippen molar-refractivity contribution in [2.45, 2.75) is 13.8 Å². The van der Waals surface area contributed by atoms with Crippen LogP contribution in [0.25, 0.3) is 5.57 Å². The van der Waals surface area contributed by atoms with Crippen LogP contribution in [0.15, 0.2) is 22.3 Å². The number of hydrogen-bond donors (Lipinski definition) is 0. The highest BCUT2D eigenvalue weighted by molar-refractivity contribution is 5.74. The standard InChI is InChI=1S/C10H8N2O/c1-7(9(5-11)6-12)10-3-4-13-8(10)2/h3-4H,1-2H3. The van der Waals surface area contributed by atoms with Crippen molar-refractivity contribution in [2.75, 3.05) is 0 Å². The van der Waals surface area contributed by atoms with Gasteiger partial charge in [-0.2, -0.15) is 10.5 Å². The lowest BCUT2D eigenvalue weighted by Gasteiger charge is -1.96. The Balaban J connectivity index is 3.28. The second kappa shape index (κ2) is 3.60. The molecule has 0 aliphatic rings. The SMILES string of the molecule is CC(=C(C#N)C#N)c1ccoc1C. The molecule has 0 spiro atoms. The Bertz CT molecular complexity index is 411. The van der Waals surface area contributed by atoms with Crippen molar-refractivity contribution in [2.24, 2.45) is 0 Å². The molecule has 0 saturated carbocycles. The molecular weight excluding hydrogens is 164 g/mol. The zero-order valence-corrected chi connectivity index (χ0v) is 7.46. The van der Waals surface area contributed by atoms with Crippen LogP contribution in [-0.4, -0.2) is 0 Å². The van der Waals surface area contributed by atoms with Crippen molar-refractivity contribution in [3.8, 4) is 12.1 Å². The number of aryl methyl sites for hydroxylation is 1. The molecule has 0 radical (unpaired) electrons. The quantitative estimate of drug-likeness (QED) is 0.611. The number of furan rings is 1. The van der Waals surface area contributed by atoms with E-state index in [1.807, 2.05) is 12.1 Å². The normalized spacial score (nSPS) is 8.62. The third-order valence-electron chi connectivity index (χ3n) is 1.86. The Labute approximate surface area is 76.5 Å². The first kappa shape index (κ1) is 9.09. The van der Waals surface area contributed by atoms with Crippen LogP contribution < -0.4 is 0 Å². The van der Waals surface area contributed by atoms with Gasteiger partial charge in [-0.25, -0.2) is 0 Å². The fraction of sp³-hybridized carbons (Fsp3) is 0.200. The average molecular weight is 172 g/mol. The highest BCUT2D eigenvalue weighted by Gasteiger charge is 2.08. The molecule has 0 atom stereocenters. The van der Waals surface area contributed by atoms with Gasteiger partial charge in [0.05, 0.1) is 6.26 Å². The molecule has 0 aromatic carbocycles. The van der Waals surface area contributed by atoms with E-state index in [0.29, 0.717) is 5.57 Å². The molecule has 0 amide bonds. The van der Waals surface area contributed by atoms with Crippen LogP contribution >= 0.6 is 0 Å². The second-order valence-electron chi connectivity index (χ2n) is 2.61. The fourth-order valence-corrected chi connectivity index (χ4v) is 1.10. The van der Waals surface area contributed by atoms with E-state index < -0.39 is 0 Å². The van der Waals surface area contributed by atoms with Crippen LogP contribution in [0.1, 0.15) is 18.2 Å². The Hall–Kier alpha value is -2.00. The summed E-state index contributed by atoms with van der Waals surface area (Å²) in [6, 6.07) is 5.44. The number of nitrogens with zero attached hydrogens (tertiary/aromatic N) is 2. The van der Waals surface area contributed by atoms with Gasteiger partial charge in [0.2, 0.25) is 0 Å². The first-order valence-electron chi connectivity index (χ1n) is 3.76. The van der Waals surface area contributed by atoms with Crippen LogP contribution in [-0.2, 0) is 0 Å². The number of rotatable bonds is 1. The van der Waals surface area contributed by atoms with E-state index in [0.717, 1.165) is 11.3 Å². The maximum atomic E-state index is 8.63. The Morgan fingerprint density at radius 2 is 2.00 bits per heavy atom. The summed E-state index contributed by atoms with van der Waals surface area (Å²) < 4.78 is 5.07. The molecule has 13 heavy (non-hydrogen) atoms. The molecule has 1 aromatic rings. The zero-order chi connectivity index (χ0) is 9.84. The minimum absolute atomic E-state index is 0.129. The van der Waals surface area contributed by atoms with Crippen LogP contribution in [0.2, 0.25) is 0 Å². The topological polar surface area (TPSA) is 60.7 Å². The number of allylic oxidation sites excluding steroid dienone is 2. The second-order valence-corrected chi connectivity index (χ2v) is 2.61. The molecule has 1 heterocycles. The molecule has 0 N–H and O–H groups in total. The Morgan fingerprint density at radius 3 is 2.38 bits per heavy atom. The average Bonchev–Trinajstić information content (AvgIpc) is 2.53. The van der Waals surface area contributed by atoms with Gasteiger partial charge >= 0.3 is 0 Å². The van der Waals surface area contributed by atoms with Gasteiger partial charge in [0.15, 0.2) is 0 Å². The minimum Gasteiger partial charge on any atom is -0.469 e. The lowest BCUT2D eigenvalue weighted by molar-refractivity contribution is 0.533. The summed E-state index contributed by atoms with van der Waals surface area (Å²) in [5.41, 5.74) is 1.61. The molecule has 0 aliphatic carbocycles. The predicted molar refractivity (Wildman–Crippen MR) is 47.3 cm³/mol. The van der Waals surface area contributed by atoms with Crippen molar-refractivity contribution < 1.29 is 4.42 Å². The van der Waals surface area contributed by atoms with Crippen LogP contribution in [0.5, 0.6) is 0 Å². The molecule has 1 rings (SSSR count). The monoisotopic (exact) mass is 172 g/mol. The smallest absolute Gasteiger partial charge is 0.133 e. The van der Waals surface area contributed by atoms with E-state index in [2.05, 4.69) is 0 Å². The van der Waals surface area contributed by atoms with E-state index >= 15 is 0 Å². The molecule has 0 bridgehead atoms. The van der Waals surface area contributed by atoms with Crippen molar-refractivity contribution in [1.82, 2.24) is 0 Å². The maximum absolute atomic E-state index is 8.63. The summed E-state index contributed by atoms with van der Waals surface area (Å²) in [5.74, 6) is 0.723. The highest BCUT2D eigenvalue weighted by Crippen LogP contribution is 2.21. The highest BCUT2D eigenvalue weighted by atomic mass is 16.3. The Kier molecular flexibility index (Phi) is 2.52. The van der Waals surface area contributed by atoms with Crippen LogP contribution in [0, 0.1) is 29.6 Å². The van der Waals surface area contributed by atoms with E-state index in [1.54, 1.807) is 26.2 Å². The first-order chi connectivity index (χ1) is 6.20. The molecule has 0 fully saturated rings. The van der Waals surface area contributed by atoms with Crippen molar-refractivity contribution in [3.63, 3.8) is 0 Å².